The third-order valence-electron chi connectivity index (χ3n) is 2.71. The van der Waals surface area contributed by atoms with Crippen LogP contribution in [-0.2, 0) is 4.74 Å². The van der Waals surface area contributed by atoms with Crippen LogP contribution < -0.4 is 5.73 Å². The average Bonchev–Trinajstić information content (AvgIpc) is 2.25. The monoisotopic (exact) mass is 289 g/mol. The minimum absolute atomic E-state index is 0.106. The molecule has 2 N–H and O–H groups in total. The van der Waals surface area contributed by atoms with E-state index in [0.717, 1.165) is 16.5 Å². The van der Waals surface area contributed by atoms with Crippen molar-refractivity contribution in [2.24, 2.45) is 11.7 Å². The van der Waals surface area contributed by atoms with Gasteiger partial charge in [-0.15, -0.1) is 0 Å². The van der Waals surface area contributed by atoms with Crippen molar-refractivity contribution < 1.29 is 9.13 Å². The smallest absolute Gasteiger partial charge is 0.124 e. The number of hydrogen-bond donors (Lipinski definition) is 1. The van der Waals surface area contributed by atoms with Gasteiger partial charge >= 0.3 is 0 Å². The molecule has 0 aromatic heterocycles. The van der Waals surface area contributed by atoms with Crippen LogP contribution in [-0.4, -0.2) is 13.7 Å². The molecule has 0 amide bonds. The number of rotatable bonds is 5. The molecule has 0 saturated heterocycles. The topological polar surface area (TPSA) is 35.2 Å². The summed E-state index contributed by atoms with van der Waals surface area (Å²) in [5.74, 6) is 0.0362. The maximum Gasteiger partial charge on any atom is 0.124 e. The molecule has 16 heavy (non-hydrogen) atoms. The van der Waals surface area contributed by atoms with Crippen molar-refractivity contribution in [3.05, 3.63) is 34.1 Å². The molecular formula is C12H17BrFNO. The highest BCUT2D eigenvalue weighted by atomic mass is 79.9. The number of ether oxygens (including phenoxy) is 1. The van der Waals surface area contributed by atoms with E-state index in [0.29, 0.717) is 12.5 Å². The molecular weight excluding hydrogens is 273 g/mol. The number of methoxy groups -OCH3 is 1. The lowest BCUT2D eigenvalue weighted by molar-refractivity contribution is 0.174. The summed E-state index contributed by atoms with van der Waals surface area (Å²) in [6.07, 6.45) is 0.890. The average molecular weight is 290 g/mol. The normalized spacial score (nSPS) is 14.8. The Labute approximate surface area is 104 Å². The summed E-state index contributed by atoms with van der Waals surface area (Å²) in [7, 11) is 1.67. The van der Waals surface area contributed by atoms with Crippen molar-refractivity contribution in [1.29, 1.82) is 0 Å². The van der Waals surface area contributed by atoms with E-state index in [9.17, 15) is 4.39 Å². The van der Waals surface area contributed by atoms with Crippen molar-refractivity contribution in [3.8, 4) is 0 Å². The molecule has 1 rings (SSSR count). The zero-order chi connectivity index (χ0) is 12.1. The molecule has 0 saturated carbocycles. The van der Waals surface area contributed by atoms with Gasteiger partial charge in [-0.25, -0.2) is 4.39 Å². The van der Waals surface area contributed by atoms with Gasteiger partial charge in [0.15, 0.2) is 0 Å². The molecule has 0 fully saturated rings. The SMILES string of the molecule is COCCC(C)C(N)c1ccc(F)cc1Br. The molecule has 0 radical (unpaired) electrons. The molecule has 0 bridgehead atoms. The second kappa shape index (κ2) is 6.33. The summed E-state index contributed by atoms with van der Waals surface area (Å²) in [6, 6.07) is 4.50. The van der Waals surface area contributed by atoms with Crippen molar-refractivity contribution >= 4 is 15.9 Å². The first kappa shape index (κ1) is 13.6. The standard InChI is InChI=1S/C12H17BrFNO/c1-8(5-6-16-2)12(15)10-4-3-9(14)7-11(10)13/h3-4,7-8,12H,5-6,15H2,1-2H3. The molecule has 1 aromatic carbocycles. The maximum atomic E-state index is 12.9. The van der Waals surface area contributed by atoms with Gasteiger partial charge in [0.25, 0.3) is 0 Å². The van der Waals surface area contributed by atoms with Crippen molar-refractivity contribution in [2.75, 3.05) is 13.7 Å². The van der Waals surface area contributed by atoms with Gasteiger partial charge in [0.2, 0.25) is 0 Å². The summed E-state index contributed by atoms with van der Waals surface area (Å²) in [5, 5.41) is 0. The second-order valence-corrected chi connectivity index (χ2v) is 4.80. The Balaban J connectivity index is 2.75. The molecule has 2 unspecified atom stereocenters. The van der Waals surface area contributed by atoms with Gasteiger partial charge in [-0.1, -0.05) is 28.9 Å². The molecule has 90 valence electrons. The van der Waals surface area contributed by atoms with Gasteiger partial charge in [0.05, 0.1) is 0 Å². The Morgan fingerprint density at radius 2 is 2.19 bits per heavy atom. The summed E-state index contributed by atoms with van der Waals surface area (Å²) < 4.78 is 18.7. The lowest BCUT2D eigenvalue weighted by atomic mass is 9.93. The van der Waals surface area contributed by atoms with Crippen molar-refractivity contribution in [1.82, 2.24) is 0 Å². The number of benzene rings is 1. The fraction of sp³-hybridized carbons (Fsp3) is 0.500. The Hall–Kier alpha value is -0.450. The Kier molecular flexibility index (Phi) is 5.38. The molecule has 0 aliphatic carbocycles. The van der Waals surface area contributed by atoms with Crippen LogP contribution >= 0.6 is 15.9 Å². The van der Waals surface area contributed by atoms with Crippen LogP contribution in [0.15, 0.2) is 22.7 Å². The molecule has 2 nitrogen and oxygen atoms in total. The van der Waals surface area contributed by atoms with Gasteiger partial charge in [-0.05, 0) is 30.0 Å². The first-order chi connectivity index (χ1) is 7.56. The number of halogens is 2. The van der Waals surface area contributed by atoms with Gasteiger partial charge in [0.1, 0.15) is 5.82 Å². The van der Waals surface area contributed by atoms with Crippen LogP contribution in [0, 0.1) is 11.7 Å². The first-order valence-electron chi connectivity index (χ1n) is 5.25. The van der Waals surface area contributed by atoms with Gasteiger partial charge < -0.3 is 10.5 Å². The highest BCUT2D eigenvalue weighted by molar-refractivity contribution is 9.10. The van der Waals surface area contributed by atoms with Crippen LogP contribution in [0.1, 0.15) is 24.9 Å². The molecule has 4 heteroatoms. The fourth-order valence-corrected chi connectivity index (χ4v) is 2.18. The van der Waals surface area contributed by atoms with Gasteiger partial charge in [0, 0.05) is 24.2 Å². The molecule has 0 spiro atoms. The highest BCUT2D eigenvalue weighted by Gasteiger charge is 2.17. The minimum atomic E-state index is -0.257. The quantitative estimate of drug-likeness (QED) is 0.903. The summed E-state index contributed by atoms with van der Waals surface area (Å²) in [5.41, 5.74) is 7.06. The van der Waals surface area contributed by atoms with E-state index >= 15 is 0 Å². The predicted molar refractivity (Wildman–Crippen MR) is 66.7 cm³/mol. The van der Waals surface area contributed by atoms with E-state index in [4.69, 9.17) is 10.5 Å². The van der Waals surface area contributed by atoms with E-state index in [-0.39, 0.29) is 11.9 Å². The summed E-state index contributed by atoms with van der Waals surface area (Å²) in [6.45, 7) is 2.76. The number of nitrogens with two attached hydrogens (primary N) is 1. The van der Waals surface area contributed by atoms with E-state index < -0.39 is 0 Å². The van der Waals surface area contributed by atoms with E-state index in [1.165, 1.54) is 12.1 Å². The zero-order valence-electron chi connectivity index (χ0n) is 9.54. The summed E-state index contributed by atoms with van der Waals surface area (Å²) in [4.78, 5) is 0. The molecule has 0 aliphatic heterocycles. The van der Waals surface area contributed by atoms with Crippen molar-refractivity contribution in [3.63, 3.8) is 0 Å². The third-order valence-corrected chi connectivity index (χ3v) is 3.40. The lowest BCUT2D eigenvalue weighted by Crippen LogP contribution is -2.20. The van der Waals surface area contributed by atoms with E-state index in [1.807, 2.05) is 0 Å². The third kappa shape index (κ3) is 3.54. The zero-order valence-corrected chi connectivity index (χ0v) is 11.1. The van der Waals surface area contributed by atoms with Crippen LogP contribution in [0.5, 0.6) is 0 Å². The van der Waals surface area contributed by atoms with Crippen LogP contribution in [0.25, 0.3) is 0 Å². The van der Waals surface area contributed by atoms with Gasteiger partial charge in [-0.2, -0.15) is 0 Å². The Morgan fingerprint density at radius 3 is 2.75 bits per heavy atom. The first-order valence-corrected chi connectivity index (χ1v) is 6.05. The number of hydrogen-bond acceptors (Lipinski definition) is 2. The van der Waals surface area contributed by atoms with Gasteiger partial charge in [-0.3, -0.25) is 0 Å². The largest absolute Gasteiger partial charge is 0.385 e. The molecule has 0 heterocycles. The van der Waals surface area contributed by atoms with E-state index in [1.54, 1.807) is 13.2 Å². The molecule has 0 aliphatic rings. The highest BCUT2D eigenvalue weighted by Crippen LogP contribution is 2.28. The van der Waals surface area contributed by atoms with Crippen molar-refractivity contribution in [2.45, 2.75) is 19.4 Å². The fourth-order valence-electron chi connectivity index (χ4n) is 1.56. The second-order valence-electron chi connectivity index (χ2n) is 3.95. The molecule has 2 atom stereocenters. The lowest BCUT2D eigenvalue weighted by Gasteiger charge is -2.21. The van der Waals surface area contributed by atoms with E-state index in [2.05, 4.69) is 22.9 Å². The van der Waals surface area contributed by atoms with Crippen LogP contribution in [0.2, 0.25) is 0 Å². The van der Waals surface area contributed by atoms with Crippen LogP contribution in [0.4, 0.5) is 4.39 Å². The Bertz CT molecular complexity index is 346. The summed E-state index contributed by atoms with van der Waals surface area (Å²) >= 11 is 3.33. The predicted octanol–water partition coefficient (Wildman–Crippen LogP) is 3.26. The maximum absolute atomic E-state index is 12.9. The Morgan fingerprint density at radius 1 is 1.50 bits per heavy atom. The minimum Gasteiger partial charge on any atom is -0.385 e. The van der Waals surface area contributed by atoms with Crippen LogP contribution in [0.3, 0.4) is 0 Å². The molecule has 1 aromatic rings.